The molecule has 0 saturated heterocycles. The van der Waals surface area contributed by atoms with Crippen molar-refractivity contribution in [3.63, 3.8) is 0 Å². The lowest BCUT2D eigenvalue weighted by Crippen LogP contribution is -2.20. The molecule has 0 spiro atoms. The number of halogens is 1. The maximum Gasteiger partial charge on any atom is 0.338 e. The number of hydrogen-bond donors (Lipinski definition) is 0. The summed E-state index contributed by atoms with van der Waals surface area (Å²) in [5.74, 6) is -1.22. The number of ether oxygens (including phenoxy) is 1. The largest absolute Gasteiger partial charge is 0.465 e. The van der Waals surface area contributed by atoms with Crippen LogP contribution in [-0.2, 0) is 4.74 Å². The summed E-state index contributed by atoms with van der Waals surface area (Å²) in [5, 5.41) is 0. The van der Waals surface area contributed by atoms with Gasteiger partial charge in [-0.3, -0.25) is 4.79 Å². The van der Waals surface area contributed by atoms with E-state index in [1.165, 1.54) is 19.2 Å². The minimum Gasteiger partial charge on any atom is -0.465 e. The number of carbonyl (C=O) groups excluding carboxylic acids is 2. The van der Waals surface area contributed by atoms with Crippen molar-refractivity contribution in [2.75, 3.05) is 7.11 Å². The minimum atomic E-state index is -1.77. The molecule has 1 aliphatic rings. The molecule has 0 unspecified atom stereocenters. The van der Waals surface area contributed by atoms with Crippen LogP contribution in [-0.4, -0.2) is 24.5 Å². The van der Waals surface area contributed by atoms with Crippen LogP contribution in [0.25, 0.3) is 0 Å². The Hall–Kier alpha value is -1.71. The number of methoxy groups -OCH3 is 1. The highest BCUT2D eigenvalue weighted by Gasteiger charge is 2.51. The van der Waals surface area contributed by atoms with Crippen LogP contribution in [0.5, 0.6) is 0 Å². The molecule has 1 aliphatic carbocycles. The highest BCUT2D eigenvalue weighted by Crippen LogP contribution is 2.43. The van der Waals surface area contributed by atoms with Gasteiger partial charge in [0.15, 0.2) is 5.67 Å². The standard InChI is InChI=1S/C13H13FO3/c1-8-3-4-9(12(16)17-2)10(7-8)11(15)13(14)5-6-13/h3-4,7H,5-6H2,1-2H3. The Morgan fingerprint density at radius 3 is 2.47 bits per heavy atom. The van der Waals surface area contributed by atoms with Gasteiger partial charge in [0, 0.05) is 5.56 Å². The van der Waals surface area contributed by atoms with Crippen molar-refractivity contribution in [2.24, 2.45) is 0 Å². The minimum absolute atomic E-state index is 0.122. The number of ketones is 1. The first-order valence-corrected chi connectivity index (χ1v) is 5.40. The molecule has 1 saturated carbocycles. The van der Waals surface area contributed by atoms with Crippen molar-refractivity contribution in [1.29, 1.82) is 0 Å². The monoisotopic (exact) mass is 236 g/mol. The van der Waals surface area contributed by atoms with E-state index < -0.39 is 17.4 Å². The highest BCUT2D eigenvalue weighted by molar-refractivity contribution is 6.11. The van der Waals surface area contributed by atoms with E-state index in [0.717, 1.165) is 5.56 Å². The molecule has 0 radical (unpaired) electrons. The predicted molar refractivity (Wildman–Crippen MR) is 59.9 cm³/mol. The maximum atomic E-state index is 13.8. The molecule has 0 amide bonds. The molecule has 0 heterocycles. The third-order valence-electron chi connectivity index (χ3n) is 2.92. The van der Waals surface area contributed by atoms with Crippen molar-refractivity contribution in [1.82, 2.24) is 0 Å². The Morgan fingerprint density at radius 1 is 1.29 bits per heavy atom. The summed E-state index contributed by atoms with van der Waals surface area (Å²) in [4.78, 5) is 23.4. The molecule has 0 bridgehead atoms. The van der Waals surface area contributed by atoms with E-state index in [1.807, 2.05) is 0 Å². The molecule has 1 aromatic carbocycles. The third kappa shape index (κ3) is 2.07. The third-order valence-corrected chi connectivity index (χ3v) is 2.92. The summed E-state index contributed by atoms with van der Waals surface area (Å²) < 4.78 is 18.3. The number of alkyl halides is 1. The summed E-state index contributed by atoms with van der Waals surface area (Å²) >= 11 is 0. The van der Waals surface area contributed by atoms with Crippen LogP contribution in [0.15, 0.2) is 18.2 Å². The fourth-order valence-corrected chi connectivity index (χ4v) is 1.71. The molecule has 4 heteroatoms. The maximum absolute atomic E-state index is 13.8. The van der Waals surface area contributed by atoms with Crippen LogP contribution in [0.4, 0.5) is 4.39 Å². The lowest BCUT2D eigenvalue weighted by molar-refractivity contribution is 0.0595. The molecule has 0 aromatic heterocycles. The molecule has 90 valence electrons. The summed E-state index contributed by atoms with van der Waals surface area (Å²) in [5.41, 5.74) is -0.703. The molecule has 0 N–H and O–H groups in total. The second-order valence-corrected chi connectivity index (χ2v) is 4.34. The zero-order valence-corrected chi connectivity index (χ0v) is 9.75. The quantitative estimate of drug-likeness (QED) is 0.598. The number of carbonyl (C=O) groups is 2. The molecular weight excluding hydrogens is 223 g/mol. The van der Waals surface area contributed by atoms with Gasteiger partial charge in [-0.25, -0.2) is 9.18 Å². The first-order chi connectivity index (χ1) is 7.98. The van der Waals surface area contributed by atoms with E-state index in [-0.39, 0.29) is 24.0 Å². The van der Waals surface area contributed by atoms with Crippen molar-refractivity contribution in [3.8, 4) is 0 Å². The summed E-state index contributed by atoms with van der Waals surface area (Å²) in [6.07, 6.45) is 0.473. The van der Waals surface area contributed by atoms with Gasteiger partial charge in [-0.05, 0) is 31.9 Å². The number of esters is 1. The number of benzene rings is 1. The molecule has 0 aliphatic heterocycles. The topological polar surface area (TPSA) is 43.4 Å². The molecule has 2 rings (SSSR count). The number of Topliss-reactive ketones (excluding diaryl/α,β-unsaturated/α-hetero) is 1. The van der Waals surface area contributed by atoms with Crippen LogP contribution in [0, 0.1) is 6.92 Å². The Bertz CT molecular complexity index is 489. The lowest BCUT2D eigenvalue weighted by Gasteiger charge is -2.10. The normalized spacial score (nSPS) is 16.4. The van der Waals surface area contributed by atoms with Crippen LogP contribution in [0.1, 0.15) is 39.1 Å². The molecular formula is C13H13FO3. The summed E-state index contributed by atoms with van der Waals surface area (Å²) in [6.45, 7) is 1.79. The van der Waals surface area contributed by atoms with E-state index >= 15 is 0 Å². The second kappa shape index (κ2) is 3.95. The first-order valence-electron chi connectivity index (χ1n) is 5.40. The smallest absolute Gasteiger partial charge is 0.338 e. The van der Waals surface area contributed by atoms with Gasteiger partial charge < -0.3 is 4.74 Å². The lowest BCUT2D eigenvalue weighted by atomic mass is 9.97. The summed E-state index contributed by atoms with van der Waals surface area (Å²) in [7, 11) is 1.23. The SMILES string of the molecule is COC(=O)c1ccc(C)cc1C(=O)C1(F)CC1. The Balaban J connectivity index is 2.47. The van der Waals surface area contributed by atoms with Crippen LogP contribution < -0.4 is 0 Å². The van der Waals surface area contributed by atoms with E-state index in [2.05, 4.69) is 4.74 Å². The predicted octanol–water partition coefficient (Wildman–Crippen LogP) is 2.47. The zero-order valence-electron chi connectivity index (χ0n) is 9.75. The molecule has 17 heavy (non-hydrogen) atoms. The van der Waals surface area contributed by atoms with Crippen molar-refractivity contribution in [2.45, 2.75) is 25.4 Å². The molecule has 3 nitrogen and oxygen atoms in total. The van der Waals surface area contributed by atoms with Gasteiger partial charge in [0.2, 0.25) is 5.78 Å². The van der Waals surface area contributed by atoms with Crippen molar-refractivity contribution >= 4 is 11.8 Å². The number of rotatable bonds is 3. The Morgan fingerprint density at radius 2 is 1.94 bits per heavy atom. The average molecular weight is 236 g/mol. The second-order valence-electron chi connectivity index (χ2n) is 4.34. The van der Waals surface area contributed by atoms with Crippen LogP contribution in [0.3, 0.4) is 0 Å². The highest BCUT2D eigenvalue weighted by atomic mass is 19.1. The molecule has 0 atom stereocenters. The zero-order chi connectivity index (χ0) is 12.6. The van der Waals surface area contributed by atoms with Gasteiger partial charge in [-0.2, -0.15) is 0 Å². The van der Waals surface area contributed by atoms with Crippen molar-refractivity contribution < 1.29 is 18.7 Å². The van der Waals surface area contributed by atoms with Gasteiger partial charge in [0.1, 0.15) is 0 Å². The first kappa shape index (κ1) is 11.8. The molecule has 1 aromatic rings. The van der Waals surface area contributed by atoms with Crippen molar-refractivity contribution in [3.05, 3.63) is 34.9 Å². The fraction of sp³-hybridized carbons (Fsp3) is 0.385. The number of aryl methyl sites for hydroxylation is 1. The van der Waals surface area contributed by atoms with E-state index in [1.54, 1.807) is 13.0 Å². The Kier molecular flexibility index (Phi) is 2.73. The van der Waals surface area contributed by atoms with Gasteiger partial charge in [0.25, 0.3) is 0 Å². The van der Waals surface area contributed by atoms with E-state index in [9.17, 15) is 14.0 Å². The van der Waals surface area contributed by atoms with E-state index in [0.29, 0.717) is 0 Å². The van der Waals surface area contributed by atoms with Crippen LogP contribution >= 0.6 is 0 Å². The van der Waals surface area contributed by atoms with Gasteiger partial charge in [0.05, 0.1) is 12.7 Å². The Labute approximate surface area is 98.6 Å². The molecule has 1 fully saturated rings. The fourth-order valence-electron chi connectivity index (χ4n) is 1.71. The average Bonchev–Trinajstić information content (AvgIpc) is 3.06. The summed E-state index contributed by atoms with van der Waals surface area (Å²) in [6, 6.07) is 4.73. The van der Waals surface area contributed by atoms with E-state index in [4.69, 9.17) is 0 Å². The van der Waals surface area contributed by atoms with Gasteiger partial charge >= 0.3 is 5.97 Å². The van der Waals surface area contributed by atoms with Gasteiger partial charge in [-0.15, -0.1) is 0 Å². The van der Waals surface area contributed by atoms with Gasteiger partial charge in [-0.1, -0.05) is 11.6 Å². The van der Waals surface area contributed by atoms with Crippen LogP contribution in [0.2, 0.25) is 0 Å². The number of hydrogen-bond acceptors (Lipinski definition) is 3.